The molecule has 5 nitrogen and oxygen atoms in total. The minimum absolute atomic E-state index is 0.140. The van der Waals surface area contributed by atoms with Crippen LogP contribution in [0, 0.1) is 6.92 Å². The van der Waals surface area contributed by atoms with Gasteiger partial charge in [0.25, 0.3) is 0 Å². The number of esters is 1. The molecule has 1 aromatic rings. The Hall–Kier alpha value is -2.09. The summed E-state index contributed by atoms with van der Waals surface area (Å²) in [7, 11) is 1.20. The van der Waals surface area contributed by atoms with E-state index in [0.717, 1.165) is 5.56 Å². The first kappa shape index (κ1) is 17.0. The normalized spacial score (nSPS) is 11.1. The lowest BCUT2D eigenvalue weighted by atomic mass is 10.1. The smallest absolute Gasteiger partial charge is 0.401 e. The average molecular weight is 304 g/mol. The lowest BCUT2D eigenvalue weighted by Crippen LogP contribution is -2.35. The number of alkyl halides is 3. The van der Waals surface area contributed by atoms with Gasteiger partial charge in [0, 0.05) is 0 Å². The lowest BCUT2D eigenvalue weighted by molar-refractivity contribution is -0.126. The molecular formula is C13H15F3N2O3. The molecule has 0 heterocycles. The largest absolute Gasteiger partial charge is 0.465 e. The Balaban J connectivity index is 2.70. The number of carbonyl (C=O) groups is 2. The second-order valence-corrected chi connectivity index (χ2v) is 4.31. The third kappa shape index (κ3) is 5.82. The number of carbonyl (C=O) groups excluding carboxylic acids is 2. The summed E-state index contributed by atoms with van der Waals surface area (Å²) >= 11 is 0. The van der Waals surface area contributed by atoms with Crippen molar-refractivity contribution in [2.45, 2.75) is 13.1 Å². The highest BCUT2D eigenvalue weighted by Crippen LogP contribution is 2.18. The van der Waals surface area contributed by atoms with Crippen LogP contribution >= 0.6 is 0 Å². The standard InChI is InChI=1S/C13H15F3N2O3/c1-8-3-4-10(9(5-8)12(20)21-2)18-11(19)6-17-7-13(14,15)16/h3-5,17H,6-7H2,1-2H3,(H,18,19). The third-order valence-electron chi connectivity index (χ3n) is 2.47. The Morgan fingerprint density at radius 3 is 2.52 bits per heavy atom. The summed E-state index contributed by atoms with van der Waals surface area (Å²) in [6, 6.07) is 4.67. The molecule has 21 heavy (non-hydrogen) atoms. The molecule has 0 aliphatic carbocycles. The summed E-state index contributed by atoms with van der Waals surface area (Å²) in [5.74, 6) is -1.33. The summed E-state index contributed by atoms with van der Waals surface area (Å²) in [5, 5.41) is 4.34. The van der Waals surface area contributed by atoms with E-state index < -0.39 is 31.1 Å². The molecular weight excluding hydrogens is 289 g/mol. The number of aryl methyl sites for hydroxylation is 1. The Labute approximate surface area is 119 Å². The molecule has 1 rings (SSSR count). The Kier molecular flexibility index (Phi) is 5.71. The van der Waals surface area contributed by atoms with Gasteiger partial charge in [-0.3, -0.25) is 4.79 Å². The highest BCUT2D eigenvalue weighted by atomic mass is 19.4. The first-order chi connectivity index (χ1) is 9.73. The van der Waals surface area contributed by atoms with Crippen LogP contribution in [0.4, 0.5) is 18.9 Å². The van der Waals surface area contributed by atoms with Crippen molar-refractivity contribution < 1.29 is 27.5 Å². The number of anilines is 1. The average Bonchev–Trinajstić information content (AvgIpc) is 2.38. The highest BCUT2D eigenvalue weighted by molar-refractivity contribution is 6.01. The number of amides is 1. The molecule has 0 atom stereocenters. The minimum atomic E-state index is -4.39. The second kappa shape index (κ2) is 7.07. The predicted octanol–water partition coefficient (Wildman–Crippen LogP) is 1.87. The van der Waals surface area contributed by atoms with Crippen LogP contribution in [0.2, 0.25) is 0 Å². The van der Waals surface area contributed by atoms with Crippen molar-refractivity contribution >= 4 is 17.6 Å². The van der Waals surface area contributed by atoms with Crippen LogP contribution in [-0.4, -0.2) is 38.3 Å². The Bertz CT molecular complexity index is 530. The second-order valence-electron chi connectivity index (χ2n) is 4.31. The molecule has 8 heteroatoms. The van der Waals surface area contributed by atoms with E-state index in [0.29, 0.717) is 0 Å². The van der Waals surface area contributed by atoms with Crippen LogP contribution in [0.3, 0.4) is 0 Å². The van der Waals surface area contributed by atoms with Gasteiger partial charge < -0.3 is 15.4 Å². The van der Waals surface area contributed by atoms with Crippen LogP contribution in [0.1, 0.15) is 15.9 Å². The molecule has 0 bridgehead atoms. The van der Waals surface area contributed by atoms with E-state index >= 15 is 0 Å². The molecule has 0 saturated carbocycles. The van der Waals surface area contributed by atoms with Gasteiger partial charge in [0.05, 0.1) is 31.5 Å². The number of ether oxygens (including phenoxy) is 1. The van der Waals surface area contributed by atoms with Crippen molar-refractivity contribution in [3.8, 4) is 0 Å². The molecule has 0 aromatic heterocycles. The van der Waals surface area contributed by atoms with E-state index in [-0.39, 0.29) is 11.3 Å². The Morgan fingerprint density at radius 1 is 1.29 bits per heavy atom. The number of methoxy groups -OCH3 is 1. The van der Waals surface area contributed by atoms with E-state index in [2.05, 4.69) is 10.1 Å². The number of hydrogen-bond donors (Lipinski definition) is 2. The van der Waals surface area contributed by atoms with Gasteiger partial charge >= 0.3 is 12.1 Å². The van der Waals surface area contributed by atoms with Crippen LogP contribution in [0.25, 0.3) is 0 Å². The maximum Gasteiger partial charge on any atom is 0.401 e. The van der Waals surface area contributed by atoms with Crippen LogP contribution in [0.15, 0.2) is 18.2 Å². The monoisotopic (exact) mass is 304 g/mol. The summed E-state index contributed by atoms with van der Waals surface area (Å²) in [5.41, 5.74) is 1.11. The van der Waals surface area contributed by atoms with E-state index in [9.17, 15) is 22.8 Å². The summed E-state index contributed by atoms with van der Waals surface area (Å²) < 4.78 is 40.4. The molecule has 0 aliphatic heterocycles. The van der Waals surface area contributed by atoms with Crippen LogP contribution in [-0.2, 0) is 9.53 Å². The van der Waals surface area contributed by atoms with Gasteiger partial charge in [-0.1, -0.05) is 11.6 Å². The maximum atomic E-state index is 11.9. The molecule has 2 N–H and O–H groups in total. The fraction of sp³-hybridized carbons (Fsp3) is 0.385. The van der Waals surface area contributed by atoms with Gasteiger partial charge in [0.2, 0.25) is 5.91 Å². The third-order valence-corrected chi connectivity index (χ3v) is 2.47. The summed E-state index contributed by atoms with van der Waals surface area (Å²) in [4.78, 5) is 23.1. The highest BCUT2D eigenvalue weighted by Gasteiger charge is 2.26. The fourth-order valence-electron chi connectivity index (χ4n) is 1.56. The van der Waals surface area contributed by atoms with Crippen molar-refractivity contribution in [3.05, 3.63) is 29.3 Å². The number of halogens is 3. The summed E-state index contributed by atoms with van der Waals surface area (Å²) in [6.07, 6.45) is -4.39. The zero-order valence-electron chi connectivity index (χ0n) is 11.5. The van der Waals surface area contributed by atoms with Crippen molar-refractivity contribution in [1.29, 1.82) is 0 Å². The van der Waals surface area contributed by atoms with Gasteiger partial charge in [-0.2, -0.15) is 13.2 Å². The predicted molar refractivity (Wildman–Crippen MR) is 70.1 cm³/mol. The molecule has 0 saturated heterocycles. The van der Waals surface area contributed by atoms with Gasteiger partial charge in [-0.05, 0) is 19.1 Å². The van der Waals surface area contributed by atoms with Crippen molar-refractivity contribution in [2.75, 3.05) is 25.5 Å². The zero-order chi connectivity index (χ0) is 16.0. The van der Waals surface area contributed by atoms with Crippen LogP contribution in [0.5, 0.6) is 0 Å². The first-order valence-electron chi connectivity index (χ1n) is 5.99. The lowest BCUT2D eigenvalue weighted by Gasteiger charge is -2.12. The number of rotatable bonds is 5. The van der Waals surface area contributed by atoms with Gasteiger partial charge in [-0.15, -0.1) is 0 Å². The first-order valence-corrected chi connectivity index (χ1v) is 5.99. The number of hydrogen-bond acceptors (Lipinski definition) is 4. The topological polar surface area (TPSA) is 67.4 Å². The minimum Gasteiger partial charge on any atom is -0.465 e. The van der Waals surface area contributed by atoms with Crippen LogP contribution < -0.4 is 10.6 Å². The molecule has 0 fully saturated rings. The van der Waals surface area contributed by atoms with E-state index in [4.69, 9.17) is 0 Å². The molecule has 0 radical (unpaired) electrons. The summed E-state index contributed by atoms with van der Waals surface area (Å²) in [6.45, 7) is -0.0326. The number of nitrogens with one attached hydrogen (secondary N) is 2. The van der Waals surface area contributed by atoms with Gasteiger partial charge in [-0.25, -0.2) is 4.79 Å². The zero-order valence-corrected chi connectivity index (χ0v) is 11.5. The fourth-order valence-corrected chi connectivity index (χ4v) is 1.56. The maximum absolute atomic E-state index is 11.9. The van der Waals surface area contributed by atoms with Crippen molar-refractivity contribution in [2.24, 2.45) is 0 Å². The Morgan fingerprint density at radius 2 is 1.95 bits per heavy atom. The van der Waals surface area contributed by atoms with Crippen molar-refractivity contribution in [3.63, 3.8) is 0 Å². The van der Waals surface area contributed by atoms with E-state index in [1.807, 2.05) is 5.32 Å². The van der Waals surface area contributed by atoms with E-state index in [1.165, 1.54) is 19.2 Å². The molecule has 0 unspecified atom stereocenters. The van der Waals surface area contributed by atoms with Crippen molar-refractivity contribution in [1.82, 2.24) is 5.32 Å². The van der Waals surface area contributed by atoms with Gasteiger partial charge in [0.1, 0.15) is 0 Å². The SMILES string of the molecule is COC(=O)c1cc(C)ccc1NC(=O)CNCC(F)(F)F. The van der Waals surface area contributed by atoms with E-state index in [1.54, 1.807) is 13.0 Å². The number of benzene rings is 1. The molecule has 0 spiro atoms. The quantitative estimate of drug-likeness (QED) is 0.815. The van der Waals surface area contributed by atoms with Gasteiger partial charge in [0.15, 0.2) is 0 Å². The molecule has 116 valence electrons. The molecule has 0 aliphatic rings. The molecule has 1 amide bonds. The molecule has 1 aromatic carbocycles.